The van der Waals surface area contributed by atoms with Crippen molar-refractivity contribution in [3.63, 3.8) is 0 Å². The number of aromatic nitrogens is 2. The molecule has 1 aromatic heterocycles. The molecule has 0 saturated carbocycles. The molecule has 1 amide bonds. The molecule has 2 heterocycles. The maximum absolute atomic E-state index is 12.8. The molecule has 0 spiro atoms. The number of nitrogens with zero attached hydrogens (tertiary/aromatic N) is 1. The maximum atomic E-state index is 12.8. The van der Waals surface area contributed by atoms with Crippen LogP contribution in [0.1, 0.15) is 22.6 Å². The number of hydrogen-bond acceptors (Lipinski definition) is 6. The van der Waals surface area contributed by atoms with Crippen LogP contribution in [0.25, 0.3) is 11.0 Å². The Hall–Kier alpha value is -4.05. The van der Waals surface area contributed by atoms with Crippen molar-refractivity contribution < 1.29 is 22.7 Å². The summed E-state index contributed by atoms with van der Waals surface area (Å²) >= 11 is 0. The highest BCUT2D eigenvalue weighted by Crippen LogP contribution is 2.32. The summed E-state index contributed by atoms with van der Waals surface area (Å²) in [7, 11) is -3.83. The maximum Gasteiger partial charge on any atom is 0.262 e. The van der Waals surface area contributed by atoms with Gasteiger partial charge in [-0.2, -0.15) is 0 Å². The third-order valence-corrected chi connectivity index (χ3v) is 6.92. The van der Waals surface area contributed by atoms with Gasteiger partial charge in [-0.3, -0.25) is 9.52 Å². The molecular formula is C25H24N4O5S. The number of carbonyl (C=O) groups excluding carboxylic acids is 1. The largest absolute Gasteiger partial charge is 0.486 e. The molecule has 4 aromatic rings. The molecule has 5 rings (SSSR count). The molecule has 35 heavy (non-hydrogen) atoms. The number of rotatable bonds is 8. The lowest BCUT2D eigenvalue weighted by molar-refractivity contribution is 0.0953. The van der Waals surface area contributed by atoms with Crippen LogP contribution in [0.2, 0.25) is 0 Å². The van der Waals surface area contributed by atoms with Gasteiger partial charge in [-0.15, -0.1) is 0 Å². The quantitative estimate of drug-likeness (QED) is 0.324. The first kappa shape index (κ1) is 22.7. The van der Waals surface area contributed by atoms with Gasteiger partial charge in [0.1, 0.15) is 19.0 Å². The minimum atomic E-state index is -3.83. The fraction of sp³-hybridized carbons (Fsp3) is 0.200. The van der Waals surface area contributed by atoms with Crippen LogP contribution in [0.5, 0.6) is 11.5 Å². The molecular weight excluding hydrogens is 468 g/mol. The monoisotopic (exact) mass is 492 g/mol. The van der Waals surface area contributed by atoms with Crippen LogP contribution in [0.15, 0.2) is 71.6 Å². The number of anilines is 1. The number of aryl methyl sites for hydroxylation is 1. The summed E-state index contributed by atoms with van der Waals surface area (Å²) in [5, 5.41) is 2.88. The summed E-state index contributed by atoms with van der Waals surface area (Å²) in [6.07, 6.45) is 1.45. The van der Waals surface area contributed by atoms with Crippen molar-refractivity contribution in [2.24, 2.45) is 0 Å². The van der Waals surface area contributed by atoms with Crippen LogP contribution in [0.3, 0.4) is 0 Å². The molecule has 10 heteroatoms. The summed E-state index contributed by atoms with van der Waals surface area (Å²) < 4.78 is 38.9. The van der Waals surface area contributed by atoms with Crippen molar-refractivity contribution in [1.29, 1.82) is 0 Å². The number of imidazole rings is 1. The van der Waals surface area contributed by atoms with E-state index in [1.807, 2.05) is 24.3 Å². The minimum Gasteiger partial charge on any atom is -0.486 e. The standard InChI is InChI=1S/C25H24N4O5S/c30-25(26-13-3-6-24-27-20-4-1-2-5-21(20)28-24)17-7-9-18(10-8-17)29-35(31,32)19-11-12-22-23(16-19)34-15-14-33-22/h1-2,4-5,7-12,16,29H,3,6,13-15H2,(H,26,30)(H,27,28). The van der Waals surface area contributed by atoms with Crippen molar-refractivity contribution in [2.75, 3.05) is 24.5 Å². The van der Waals surface area contributed by atoms with E-state index in [1.54, 1.807) is 30.3 Å². The Morgan fingerprint density at radius 2 is 1.74 bits per heavy atom. The predicted octanol–water partition coefficient (Wildman–Crippen LogP) is 3.50. The van der Waals surface area contributed by atoms with Gasteiger partial charge >= 0.3 is 0 Å². The number of para-hydroxylation sites is 2. The lowest BCUT2D eigenvalue weighted by Gasteiger charge is -2.19. The van der Waals surface area contributed by atoms with E-state index in [-0.39, 0.29) is 10.8 Å². The fourth-order valence-corrected chi connectivity index (χ4v) is 4.85. The van der Waals surface area contributed by atoms with E-state index in [2.05, 4.69) is 20.0 Å². The molecule has 180 valence electrons. The zero-order valence-electron chi connectivity index (χ0n) is 18.8. The van der Waals surface area contributed by atoms with Gasteiger partial charge < -0.3 is 19.8 Å². The average molecular weight is 493 g/mol. The first-order valence-corrected chi connectivity index (χ1v) is 12.7. The smallest absolute Gasteiger partial charge is 0.262 e. The van der Waals surface area contributed by atoms with Crippen LogP contribution >= 0.6 is 0 Å². The van der Waals surface area contributed by atoms with Gasteiger partial charge in [-0.05, 0) is 55.0 Å². The number of nitrogens with one attached hydrogen (secondary N) is 3. The zero-order valence-corrected chi connectivity index (χ0v) is 19.6. The van der Waals surface area contributed by atoms with Gasteiger partial charge in [-0.1, -0.05) is 12.1 Å². The number of aromatic amines is 1. The van der Waals surface area contributed by atoms with Crippen molar-refractivity contribution in [2.45, 2.75) is 17.7 Å². The fourth-order valence-electron chi connectivity index (χ4n) is 3.78. The molecule has 0 saturated heterocycles. The topological polar surface area (TPSA) is 122 Å². The number of amides is 1. The Bertz CT molecular complexity index is 1430. The summed E-state index contributed by atoms with van der Waals surface area (Å²) in [6, 6.07) is 18.6. The van der Waals surface area contributed by atoms with Crippen LogP contribution in [-0.2, 0) is 16.4 Å². The van der Waals surface area contributed by atoms with E-state index < -0.39 is 10.0 Å². The summed E-state index contributed by atoms with van der Waals surface area (Å²) in [6.45, 7) is 1.29. The molecule has 0 atom stereocenters. The van der Waals surface area contributed by atoms with Crippen molar-refractivity contribution in [1.82, 2.24) is 15.3 Å². The Kier molecular flexibility index (Phi) is 6.28. The number of sulfonamides is 1. The average Bonchev–Trinajstić information content (AvgIpc) is 3.29. The molecule has 0 aliphatic carbocycles. The first-order chi connectivity index (χ1) is 17.0. The SMILES string of the molecule is O=C(NCCCc1nc2ccccc2[nH]1)c1ccc(NS(=O)(=O)c2ccc3c(c2)OCCO3)cc1. The van der Waals surface area contributed by atoms with Crippen LogP contribution in [0.4, 0.5) is 5.69 Å². The van der Waals surface area contributed by atoms with Crippen LogP contribution in [-0.4, -0.2) is 44.1 Å². The highest BCUT2D eigenvalue weighted by atomic mass is 32.2. The van der Waals surface area contributed by atoms with Crippen LogP contribution in [0, 0.1) is 0 Å². The van der Waals surface area contributed by atoms with Gasteiger partial charge in [-0.25, -0.2) is 13.4 Å². The molecule has 3 aromatic carbocycles. The molecule has 3 N–H and O–H groups in total. The van der Waals surface area contributed by atoms with Crippen molar-refractivity contribution in [3.05, 3.63) is 78.1 Å². The van der Waals surface area contributed by atoms with Gasteiger partial charge in [0, 0.05) is 30.3 Å². The van der Waals surface area contributed by atoms with E-state index in [0.717, 1.165) is 29.7 Å². The second-order valence-electron chi connectivity index (χ2n) is 8.05. The minimum absolute atomic E-state index is 0.0630. The second kappa shape index (κ2) is 9.67. The molecule has 1 aliphatic rings. The number of carbonyl (C=O) groups is 1. The molecule has 0 radical (unpaired) electrons. The number of benzene rings is 3. The highest BCUT2D eigenvalue weighted by Gasteiger charge is 2.19. The Labute approximate surface area is 202 Å². The Balaban J connectivity index is 1.14. The van der Waals surface area contributed by atoms with Crippen molar-refractivity contribution in [3.8, 4) is 11.5 Å². The molecule has 9 nitrogen and oxygen atoms in total. The molecule has 0 fully saturated rings. The van der Waals surface area contributed by atoms with E-state index >= 15 is 0 Å². The summed E-state index contributed by atoms with van der Waals surface area (Å²) in [5.74, 6) is 1.57. The Morgan fingerprint density at radius 3 is 2.54 bits per heavy atom. The van der Waals surface area contributed by atoms with E-state index in [9.17, 15) is 13.2 Å². The number of fused-ring (bicyclic) bond motifs is 2. The molecule has 0 unspecified atom stereocenters. The summed E-state index contributed by atoms with van der Waals surface area (Å²) in [5.41, 5.74) is 2.71. The lowest BCUT2D eigenvalue weighted by Crippen LogP contribution is -2.24. The number of H-pyrrole nitrogens is 1. The van der Waals surface area contributed by atoms with Crippen LogP contribution < -0.4 is 19.5 Å². The Morgan fingerprint density at radius 1 is 0.971 bits per heavy atom. The second-order valence-corrected chi connectivity index (χ2v) is 9.73. The lowest BCUT2D eigenvalue weighted by atomic mass is 10.2. The highest BCUT2D eigenvalue weighted by molar-refractivity contribution is 7.92. The molecule has 1 aliphatic heterocycles. The first-order valence-electron chi connectivity index (χ1n) is 11.2. The zero-order chi connectivity index (χ0) is 24.3. The number of hydrogen-bond donors (Lipinski definition) is 3. The van der Waals surface area contributed by atoms with E-state index in [1.165, 1.54) is 12.1 Å². The van der Waals surface area contributed by atoms with E-state index in [4.69, 9.17) is 9.47 Å². The van der Waals surface area contributed by atoms with Gasteiger partial charge in [0.15, 0.2) is 11.5 Å². The third-order valence-electron chi connectivity index (χ3n) is 5.54. The van der Waals surface area contributed by atoms with Gasteiger partial charge in [0.2, 0.25) is 0 Å². The van der Waals surface area contributed by atoms with E-state index in [0.29, 0.717) is 42.5 Å². The van der Waals surface area contributed by atoms with Gasteiger partial charge in [0.25, 0.3) is 15.9 Å². The molecule has 0 bridgehead atoms. The number of ether oxygens (including phenoxy) is 2. The summed E-state index contributed by atoms with van der Waals surface area (Å²) in [4.78, 5) is 20.3. The van der Waals surface area contributed by atoms with Crippen molar-refractivity contribution >= 4 is 32.7 Å². The predicted molar refractivity (Wildman–Crippen MR) is 131 cm³/mol. The normalized spacial score (nSPS) is 12.9. The van der Waals surface area contributed by atoms with Gasteiger partial charge in [0.05, 0.1) is 15.9 Å². The third kappa shape index (κ3) is 5.22.